The first kappa shape index (κ1) is 21.6. The Hall–Kier alpha value is -2.13. The van der Waals surface area contributed by atoms with Gasteiger partial charge in [-0.25, -0.2) is 4.79 Å². The van der Waals surface area contributed by atoms with E-state index in [1.807, 2.05) is 27.7 Å². The maximum Gasteiger partial charge on any atom is 0.410 e. The fraction of sp³-hybridized carbons (Fsp3) is 0.750. The molecule has 2 amide bonds. The number of rotatable bonds is 3. The molecule has 0 aromatic carbocycles. The smallest absolute Gasteiger partial charge is 0.410 e. The van der Waals surface area contributed by atoms with Crippen molar-refractivity contribution in [1.29, 1.82) is 0 Å². The van der Waals surface area contributed by atoms with Crippen LogP contribution in [0.15, 0.2) is 6.20 Å². The van der Waals surface area contributed by atoms with Gasteiger partial charge in [-0.1, -0.05) is 0 Å². The number of aromatic nitrogens is 2. The maximum atomic E-state index is 13.2. The van der Waals surface area contributed by atoms with Crippen molar-refractivity contribution >= 4 is 12.0 Å². The molecule has 9 nitrogen and oxygen atoms in total. The van der Waals surface area contributed by atoms with Crippen LogP contribution < -0.4 is 0 Å². The second-order valence-electron chi connectivity index (χ2n) is 8.91. The predicted octanol–water partition coefficient (Wildman–Crippen LogP) is 1.75. The zero-order chi connectivity index (χ0) is 21.2. The zero-order valence-electron chi connectivity index (χ0n) is 17.7. The van der Waals surface area contributed by atoms with E-state index in [9.17, 15) is 14.7 Å². The van der Waals surface area contributed by atoms with Gasteiger partial charge < -0.3 is 24.4 Å². The van der Waals surface area contributed by atoms with E-state index in [2.05, 4.69) is 10.2 Å². The number of likely N-dealkylation sites (tertiary alicyclic amines) is 1. The van der Waals surface area contributed by atoms with Gasteiger partial charge in [-0.05, 0) is 40.5 Å². The van der Waals surface area contributed by atoms with E-state index in [0.717, 1.165) is 18.5 Å². The third-order valence-electron chi connectivity index (χ3n) is 5.35. The highest BCUT2D eigenvalue weighted by Crippen LogP contribution is 2.30. The summed E-state index contributed by atoms with van der Waals surface area (Å²) in [5, 5.41) is 16.5. The summed E-state index contributed by atoms with van der Waals surface area (Å²) in [6.45, 7) is 9.20. The van der Waals surface area contributed by atoms with Crippen molar-refractivity contribution in [3.8, 4) is 0 Å². The highest BCUT2D eigenvalue weighted by Gasteiger charge is 2.35. The Morgan fingerprint density at radius 1 is 1.38 bits per heavy atom. The molecule has 2 aliphatic rings. The number of aliphatic hydroxyl groups is 1. The highest BCUT2D eigenvalue weighted by molar-refractivity contribution is 5.95. The third-order valence-corrected chi connectivity index (χ3v) is 5.35. The lowest BCUT2D eigenvalue weighted by atomic mass is 9.92. The molecule has 0 bridgehead atoms. The monoisotopic (exact) mass is 408 g/mol. The largest absolute Gasteiger partial charge is 0.444 e. The quantitative estimate of drug-likeness (QED) is 0.789. The number of carbonyl (C=O) groups is 2. The number of piperidine rings is 1. The van der Waals surface area contributed by atoms with E-state index in [1.165, 1.54) is 0 Å². The summed E-state index contributed by atoms with van der Waals surface area (Å²) in [5.74, 6) is -0.139. The van der Waals surface area contributed by atoms with Crippen LogP contribution in [0.5, 0.6) is 0 Å². The molecule has 9 heteroatoms. The number of amides is 2. The first-order valence-electron chi connectivity index (χ1n) is 10.2. The number of morpholine rings is 1. The van der Waals surface area contributed by atoms with Crippen molar-refractivity contribution in [2.45, 2.75) is 64.2 Å². The van der Waals surface area contributed by atoms with E-state index in [1.54, 1.807) is 16.0 Å². The van der Waals surface area contributed by atoms with Crippen LogP contribution in [-0.4, -0.2) is 87.7 Å². The molecule has 0 radical (unpaired) electrons. The lowest BCUT2D eigenvalue weighted by Gasteiger charge is -2.38. The van der Waals surface area contributed by atoms with E-state index in [0.29, 0.717) is 31.8 Å². The first-order valence-corrected chi connectivity index (χ1v) is 10.2. The van der Waals surface area contributed by atoms with E-state index in [4.69, 9.17) is 9.47 Å². The molecule has 3 heterocycles. The Morgan fingerprint density at radius 2 is 2.14 bits per heavy atom. The zero-order valence-corrected chi connectivity index (χ0v) is 17.7. The Morgan fingerprint density at radius 3 is 2.83 bits per heavy atom. The summed E-state index contributed by atoms with van der Waals surface area (Å²) < 4.78 is 11.0. The number of ether oxygens (including phenoxy) is 2. The lowest BCUT2D eigenvalue weighted by Crippen LogP contribution is -2.52. The number of aromatic amines is 1. The summed E-state index contributed by atoms with van der Waals surface area (Å²) in [4.78, 5) is 29.1. The summed E-state index contributed by atoms with van der Waals surface area (Å²) in [6, 6.07) is -0.0855. The van der Waals surface area contributed by atoms with E-state index < -0.39 is 5.60 Å². The Kier molecular flexibility index (Phi) is 6.48. The number of nitrogens with one attached hydrogen (secondary N) is 1. The molecule has 2 saturated heterocycles. The van der Waals surface area contributed by atoms with Gasteiger partial charge in [0.15, 0.2) is 0 Å². The predicted molar refractivity (Wildman–Crippen MR) is 106 cm³/mol. The van der Waals surface area contributed by atoms with Crippen LogP contribution in [0.25, 0.3) is 0 Å². The third kappa shape index (κ3) is 5.08. The van der Waals surface area contributed by atoms with Crippen molar-refractivity contribution < 1.29 is 24.2 Å². The van der Waals surface area contributed by atoms with Gasteiger partial charge in [-0.15, -0.1) is 0 Å². The van der Waals surface area contributed by atoms with Gasteiger partial charge in [0.2, 0.25) is 0 Å². The average molecular weight is 408 g/mol. The molecule has 162 valence electrons. The normalized spacial score (nSPS) is 25.8. The van der Waals surface area contributed by atoms with Gasteiger partial charge in [0.25, 0.3) is 5.91 Å². The van der Waals surface area contributed by atoms with Crippen molar-refractivity contribution in [3.63, 3.8) is 0 Å². The second-order valence-corrected chi connectivity index (χ2v) is 8.91. The van der Waals surface area contributed by atoms with E-state index >= 15 is 0 Å². The Bertz CT molecular complexity index is 729. The molecule has 1 aromatic heterocycles. The van der Waals surface area contributed by atoms with Crippen molar-refractivity contribution in [1.82, 2.24) is 20.0 Å². The van der Waals surface area contributed by atoms with Crippen LogP contribution in [0.3, 0.4) is 0 Å². The van der Waals surface area contributed by atoms with Crippen LogP contribution in [0.2, 0.25) is 0 Å². The maximum absolute atomic E-state index is 13.2. The molecule has 2 fully saturated rings. The van der Waals surface area contributed by atoms with Crippen LogP contribution in [0.4, 0.5) is 4.79 Å². The number of hydrogen-bond acceptors (Lipinski definition) is 6. The number of H-pyrrole nitrogens is 1. The van der Waals surface area contributed by atoms with Crippen molar-refractivity contribution in [3.05, 3.63) is 17.5 Å². The Labute approximate surface area is 171 Å². The van der Waals surface area contributed by atoms with Crippen LogP contribution in [-0.2, 0) is 9.47 Å². The van der Waals surface area contributed by atoms with Crippen molar-refractivity contribution in [2.75, 3.05) is 32.8 Å². The molecule has 3 unspecified atom stereocenters. The molecule has 0 aliphatic carbocycles. The molecular formula is C20H32N4O5. The standard InChI is InChI=1S/C20H32N4O5/c1-13-12-28-15(11-25)10-24(13)18(26)16-8-21-22-17(16)14-6-5-7-23(9-14)19(27)29-20(2,3)4/h8,13-15,25H,5-7,9-12H2,1-4H3,(H,21,22). The number of aliphatic hydroxyl groups excluding tert-OH is 1. The fourth-order valence-electron chi connectivity index (χ4n) is 3.85. The number of hydrogen-bond donors (Lipinski definition) is 2. The Balaban J connectivity index is 1.73. The number of carbonyl (C=O) groups excluding carboxylic acids is 2. The summed E-state index contributed by atoms with van der Waals surface area (Å²) in [6.07, 6.45) is 2.54. The fourth-order valence-corrected chi connectivity index (χ4v) is 3.85. The molecule has 0 spiro atoms. The van der Waals surface area contributed by atoms with Crippen LogP contribution in [0.1, 0.15) is 62.5 Å². The molecular weight excluding hydrogens is 376 g/mol. The van der Waals surface area contributed by atoms with Crippen molar-refractivity contribution in [2.24, 2.45) is 0 Å². The topological polar surface area (TPSA) is 108 Å². The molecule has 2 N–H and O–H groups in total. The molecule has 0 saturated carbocycles. The summed E-state index contributed by atoms with van der Waals surface area (Å²) in [5.41, 5.74) is 0.725. The van der Waals surface area contributed by atoms with E-state index in [-0.39, 0.29) is 36.7 Å². The van der Waals surface area contributed by atoms with Gasteiger partial charge in [0.05, 0.1) is 42.8 Å². The molecule has 2 aliphatic heterocycles. The minimum absolute atomic E-state index is 0.0114. The SMILES string of the molecule is CC1COC(CO)CN1C(=O)c1cn[nH]c1C1CCCN(C(=O)OC(C)(C)C)C1. The van der Waals surface area contributed by atoms with Gasteiger partial charge in [0, 0.05) is 25.6 Å². The molecule has 29 heavy (non-hydrogen) atoms. The van der Waals surface area contributed by atoms with Gasteiger partial charge >= 0.3 is 6.09 Å². The van der Waals surface area contributed by atoms with Crippen LogP contribution in [0, 0.1) is 0 Å². The summed E-state index contributed by atoms with van der Waals surface area (Å²) in [7, 11) is 0. The molecule has 1 aromatic rings. The van der Waals surface area contributed by atoms with Crippen LogP contribution >= 0.6 is 0 Å². The average Bonchev–Trinajstić information content (AvgIpc) is 3.16. The molecule has 3 rings (SSSR count). The van der Waals surface area contributed by atoms with Gasteiger partial charge in [-0.2, -0.15) is 5.10 Å². The number of nitrogens with zero attached hydrogens (tertiary/aromatic N) is 3. The summed E-state index contributed by atoms with van der Waals surface area (Å²) >= 11 is 0. The van der Waals surface area contributed by atoms with Gasteiger partial charge in [-0.3, -0.25) is 9.89 Å². The molecule has 3 atom stereocenters. The highest BCUT2D eigenvalue weighted by atomic mass is 16.6. The minimum Gasteiger partial charge on any atom is -0.444 e. The first-order chi connectivity index (χ1) is 13.7. The van der Waals surface area contributed by atoms with Gasteiger partial charge in [0.1, 0.15) is 5.60 Å². The minimum atomic E-state index is -0.547. The second kappa shape index (κ2) is 8.71. The lowest BCUT2D eigenvalue weighted by molar-refractivity contribution is -0.0667.